The van der Waals surface area contributed by atoms with Crippen molar-refractivity contribution in [3.63, 3.8) is 0 Å². The van der Waals surface area contributed by atoms with E-state index in [1.165, 1.54) is 23.1 Å². The highest BCUT2D eigenvalue weighted by Crippen LogP contribution is 2.23. The first-order valence-electron chi connectivity index (χ1n) is 5.71. The van der Waals surface area contributed by atoms with Crippen LogP contribution in [0.1, 0.15) is 10.4 Å². The van der Waals surface area contributed by atoms with Crippen molar-refractivity contribution in [3.8, 4) is 0 Å². The number of thioether (sulfide) groups is 1. The lowest BCUT2D eigenvalue weighted by Gasteiger charge is -2.03. The Morgan fingerprint density at radius 2 is 2.00 bits per heavy atom. The minimum Gasteiger partial charge on any atom is -0.457 e. The van der Waals surface area contributed by atoms with Crippen LogP contribution < -0.4 is 5.73 Å². The molecule has 0 saturated carbocycles. The number of nitrogens with two attached hydrogens (primary N) is 1. The number of esters is 1. The van der Waals surface area contributed by atoms with Crippen molar-refractivity contribution in [2.45, 2.75) is 4.34 Å². The van der Waals surface area contributed by atoms with E-state index in [0.29, 0.717) is 15.0 Å². The number of halogens is 1. The second-order valence-corrected chi connectivity index (χ2v) is 6.93. The van der Waals surface area contributed by atoms with Gasteiger partial charge in [0.15, 0.2) is 16.7 Å². The van der Waals surface area contributed by atoms with Gasteiger partial charge in [0.05, 0.1) is 5.75 Å². The number of anilines is 1. The molecule has 0 aliphatic heterocycles. The van der Waals surface area contributed by atoms with Crippen molar-refractivity contribution >= 4 is 55.9 Å². The van der Waals surface area contributed by atoms with Crippen molar-refractivity contribution in [2.24, 2.45) is 0 Å². The van der Waals surface area contributed by atoms with E-state index in [2.05, 4.69) is 26.1 Å². The lowest BCUT2D eigenvalue weighted by Crippen LogP contribution is -2.15. The zero-order valence-electron chi connectivity index (χ0n) is 10.6. The van der Waals surface area contributed by atoms with Gasteiger partial charge in [0, 0.05) is 10.0 Å². The third-order valence-electron chi connectivity index (χ3n) is 2.27. The molecule has 0 spiro atoms. The minimum absolute atomic E-state index is 0.0578. The van der Waals surface area contributed by atoms with Crippen LogP contribution in [0.15, 0.2) is 33.1 Å². The molecule has 0 bridgehead atoms. The average molecular weight is 388 g/mol. The monoisotopic (exact) mass is 387 g/mol. The largest absolute Gasteiger partial charge is 0.457 e. The summed E-state index contributed by atoms with van der Waals surface area (Å²) in [6.45, 7) is -0.278. The van der Waals surface area contributed by atoms with Crippen LogP contribution in [0, 0.1) is 0 Å². The molecule has 6 nitrogen and oxygen atoms in total. The number of hydrogen-bond acceptors (Lipinski definition) is 8. The Hall–Kier alpha value is -1.45. The topological polar surface area (TPSA) is 95.2 Å². The van der Waals surface area contributed by atoms with E-state index in [9.17, 15) is 9.59 Å². The van der Waals surface area contributed by atoms with Gasteiger partial charge in [0.1, 0.15) is 0 Å². The number of nitrogen functional groups attached to an aromatic ring is 1. The fourth-order valence-electron chi connectivity index (χ4n) is 1.31. The predicted molar refractivity (Wildman–Crippen MR) is 84.5 cm³/mol. The molecular formula is C12H10BrN3O3S2. The maximum atomic E-state index is 11.8. The number of carbonyl (C=O) groups excluding carboxylic acids is 2. The average Bonchev–Trinajstić information content (AvgIpc) is 2.89. The van der Waals surface area contributed by atoms with Gasteiger partial charge < -0.3 is 10.5 Å². The molecule has 0 aliphatic rings. The van der Waals surface area contributed by atoms with Crippen LogP contribution in [0.5, 0.6) is 0 Å². The first kappa shape index (κ1) is 15.9. The van der Waals surface area contributed by atoms with Crippen molar-refractivity contribution in [1.82, 2.24) is 10.2 Å². The van der Waals surface area contributed by atoms with Crippen LogP contribution >= 0.6 is 39.0 Å². The lowest BCUT2D eigenvalue weighted by molar-refractivity contribution is -0.139. The quantitative estimate of drug-likeness (QED) is 0.461. The molecule has 9 heteroatoms. The van der Waals surface area contributed by atoms with Gasteiger partial charge in [-0.15, -0.1) is 10.2 Å². The van der Waals surface area contributed by atoms with Crippen molar-refractivity contribution in [1.29, 1.82) is 0 Å². The minimum atomic E-state index is -0.487. The van der Waals surface area contributed by atoms with Gasteiger partial charge >= 0.3 is 5.97 Å². The standard InChI is InChI=1S/C12H10BrN3O3S2/c13-8-3-1-7(2-4-8)9(17)5-19-10(18)6-20-12-16-15-11(14)21-12/h1-4H,5-6H2,(H2,14,15). The Labute approximate surface area is 137 Å². The van der Waals surface area contributed by atoms with E-state index >= 15 is 0 Å². The molecule has 2 N–H and O–H groups in total. The number of aromatic nitrogens is 2. The number of ketones is 1. The SMILES string of the molecule is Nc1nnc(SCC(=O)OCC(=O)c2ccc(Br)cc2)s1. The lowest BCUT2D eigenvalue weighted by atomic mass is 10.1. The van der Waals surface area contributed by atoms with Gasteiger partial charge in [-0.25, -0.2) is 0 Å². The molecule has 110 valence electrons. The number of carbonyl (C=O) groups is 2. The van der Waals surface area contributed by atoms with Gasteiger partial charge in [0.25, 0.3) is 0 Å². The van der Waals surface area contributed by atoms with Crippen LogP contribution in [0.2, 0.25) is 0 Å². The second-order valence-electron chi connectivity index (χ2n) is 3.79. The Morgan fingerprint density at radius 1 is 1.29 bits per heavy atom. The molecule has 0 aliphatic carbocycles. The Bertz CT molecular complexity index is 645. The van der Waals surface area contributed by atoms with Gasteiger partial charge in [-0.3, -0.25) is 9.59 Å². The van der Waals surface area contributed by atoms with E-state index in [-0.39, 0.29) is 18.1 Å². The number of hydrogen-bond donors (Lipinski definition) is 1. The molecule has 0 saturated heterocycles. The molecule has 1 heterocycles. The second kappa shape index (κ2) is 7.53. The van der Waals surface area contributed by atoms with Gasteiger partial charge in [-0.05, 0) is 12.1 Å². The molecule has 1 aromatic heterocycles. The van der Waals surface area contributed by atoms with Crippen LogP contribution in [-0.2, 0) is 9.53 Å². The Balaban J connectivity index is 1.75. The van der Waals surface area contributed by atoms with E-state index in [1.807, 2.05) is 0 Å². The van der Waals surface area contributed by atoms with Crippen LogP contribution in [0.25, 0.3) is 0 Å². The smallest absolute Gasteiger partial charge is 0.316 e. The first-order chi connectivity index (χ1) is 10.0. The number of benzene rings is 1. The number of nitrogens with zero attached hydrogens (tertiary/aromatic N) is 2. The third kappa shape index (κ3) is 5.10. The van der Waals surface area contributed by atoms with E-state index < -0.39 is 5.97 Å². The molecule has 0 unspecified atom stereocenters. The zero-order valence-corrected chi connectivity index (χ0v) is 13.8. The highest BCUT2D eigenvalue weighted by molar-refractivity contribution is 9.10. The summed E-state index contributed by atoms with van der Waals surface area (Å²) in [6.07, 6.45) is 0. The van der Waals surface area contributed by atoms with Gasteiger partial charge in [0.2, 0.25) is 5.13 Å². The summed E-state index contributed by atoms with van der Waals surface area (Å²) in [4.78, 5) is 23.3. The highest BCUT2D eigenvalue weighted by Gasteiger charge is 2.11. The molecule has 0 atom stereocenters. The maximum absolute atomic E-state index is 11.8. The molecule has 2 rings (SSSR count). The van der Waals surface area contributed by atoms with Crippen LogP contribution in [0.3, 0.4) is 0 Å². The molecule has 0 radical (unpaired) electrons. The number of ether oxygens (including phenoxy) is 1. The highest BCUT2D eigenvalue weighted by atomic mass is 79.9. The fourth-order valence-corrected chi connectivity index (χ4v) is 3.00. The normalized spacial score (nSPS) is 10.3. The van der Waals surface area contributed by atoms with E-state index in [0.717, 1.165) is 4.47 Å². The molecule has 0 fully saturated rings. The molecule has 1 aromatic carbocycles. The fraction of sp³-hybridized carbons (Fsp3) is 0.167. The van der Waals surface area contributed by atoms with Gasteiger partial charge in [-0.2, -0.15) is 0 Å². The summed E-state index contributed by atoms with van der Waals surface area (Å²) < 4.78 is 6.39. The first-order valence-corrected chi connectivity index (χ1v) is 8.30. The zero-order chi connectivity index (χ0) is 15.2. The van der Waals surface area contributed by atoms with Crippen molar-refractivity contribution < 1.29 is 14.3 Å². The third-order valence-corrected chi connectivity index (χ3v) is 4.65. The number of Topliss-reactive ketones (excluding diaryl/α,β-unsaturated/α-hetero) is 1. The summed E-state index contributed by atoms with van der Waals surface area (Å²) in [5.74, 6) is -0.678. The Morgan fingerprint density at radius 3 is 2.62 bits per heavy atom. The van der Waals surface area contributed by atoms with E-state index in [1.54, 1.807) is 24.3 Å². The summed E-state index contributed by atoms with van der Waals surface area (Å²) >= 11 is 5.65. The van der Waals surface area contributed by atoms with Gasteiger partial charge in [-0.1, -0.05) is 51.2 Å². The number of rotatable bonds is 6. The summed E-state index contributed by atoms with van der Waals surface area (Å²) in [5, 5.41) is 7.74. The van der Waals surface area contributed by atoms with Crippen molar-refractivity contribution in [2.75, 3.05) is 18.1 Å². The molecule has 0 amide bonds. The molecule has 21 heavy (non-hydrogen) atoms. The molecular weight excluding hydrogens is 378 g/mol. The van der Waals surface area contributed by atoms with E-state index in [4.69, 9.17) is 10.5 Å². The maximum Gasteiger partial charge on any atom is 0.316 e. The van der Waals surface area contributed by atoms with Crippen molar-refractivity contribution in [3.05, 3.63) is 34.3 Å². The van der Waals surface area contributed by atoms with Crippen LogP contribution in [-0.4, -0.2) is 34.3 Å². The van der Waals surface area contributed by atoms with Crippen LogP contribution in [0.4, 0.5) is 5.13 Å². The molecule has 2 aromatic rings. The summed E-state index contributed by atoms with van der Waals surface area (Å²) in [7, 11) is 0. The Kier molecular flexibility index (Phi) is 5.71. The summed E-state index contributed by atoms with van der Waals surface area (Å²) in [6, 6.07) is 6.84. The summed E-state index contributed by atoms with van der Waals surface area (Å²) in [5.41, 5.74) is 5.92. The predicted octanol–water partition coefficient (Wildman–Crippen LogP) is 2.40.